The molecular weight excluding hydrogens is 260 g/mol. The molecule has 0 N–H and O–H groups in total. The van der Waals surface area contributed by atoms with Crippen molar-refractivity contribution in [3.8, 4) is 0 Å². The third-order valence-electron chi connectivity index (χ3n) is 4.29. The third kappa shape index (κ3) is 4.02. The highest BCUT2D eigenvalue weighted by atomic mass is 32.3. The van der Waals surface area contributed by atoms with Gasteiger partial charge in [0.1, 0.15) is 0 Å². The maximum absolute atomic E-state index is 4.19. The summed E-state index contributed by atoms with van der Waals surface area (Å²) in [6, 6.07) is 0. The molecule has 0 bridgehead atoms. The number of fused-ring (bicyclic) bond motifs is 1. The lowest BCUT2D eigenvalue weighted by Crippen LogP contribution is -1.90. The van der Waals surface area contributed by atoms with Crippen LogP contribution in [0.1, 0.15) is 33.1 Å². The normalized spacial score (nSPS) is 33.9. The molecule has 20 heavy (non-hydrogen) atoms. The molecular formula is C19H28S. The second-order valence-corrected chi connectivity index (χ2v) is 9.99. The van der Waals surface area contributed by atoms with Crippen LogP contribution >= 0.6 is 10.0 Å². The first-order chi connectivity index (χ1) is 9.55. The number of hydrogen-bond acceptors (Lipinski definition) is 0. The highest BCUT2D eigenvalue weighted by Crippen LogP contribution is 2.75. The minimum absolute atomic E-state index is 0.276. The monoisotopic (exact) mass is 288 g/mol. The minimum Gasteiger partial charge on any atom is -0.216 e. The summed E-state index contributed by atoms with van der Waals surface area (Å²) in [6.45, 7) is 12.3. The smallest absolute Gasteiger partial charge is 0.000144 e. The Morgan fingerprint density at radius 1 is 1.45 bits per heavy atom. The molecule has 0 aromatic heterocycles. The zero-order chi connectivity index (χ0) is 14.6. The Hall–Kier alpha value is -0.950. The second-order valence-electron chi connectivity index (χ2n) is 6.29. The van der Waals surface area contributed by atoms with Crippen LogP contribution in [0.4, 0.5) is 0 Å². The quantitative estimate of drug-likeness (QED) is 0.413. The lowest BCUT2D eigenvalue weighted by Gasteiger charge is -2.11. The second kappa shape index (κ2) is 6.67. The van der Waals surface area contributed by atoms with Crippen LogP contribution in [0.3, 0.4) is 0 Å². The molecule has 0 saturated carbocycles. The fourth-order valence-corrected chi connectivity index (χ4v) is 7.21. The van der Waals surface area contributed by atoms with E-state index in [1.165, 1.54) is 35.5 Å². The van der Waals surface area contributed by atoms with Crippen molar-refractivity contribution >= 4 is 10.0 Å². The number of hydrogen-bond donors (Lipinski definition) is 0. The van der Waals surface area contributed by atoms with Gasteiger partial charge < -0.3 is 0 Å². The van der Waals surface area contributed by atoms with E-state index in [4.69, 9.17) is 0 Å². The van der Waals surface area contributed by atoms with Gasteiger partial charge in [0.05, 0.1) is 0 Å². The van der Waals surface area contributed by atoms with Crippen molar-refractivity contribution < 1.29 is 0 Å². The van der Waals surface area contributed by atoms with Crippen molar-refractivity contribution in [2.24, 2.45) is 5.92 Å². The van der Waals surface area contributed by atoms with E-state index in [1.807, 2.05) is 12.2 Å². The zero-order valence-electron chi connectivity index (χ0n) is 13.0. The maximum atomic E-state index is 4.19. The van der Waals surface area contributed by atoms with Crippen LogP contribution < -0.4 is 0 Å². The Morgan fingerprint density at radius 2 is 2.25 bits per heavy atom. The SMILES string of the molecule is C=C/C=C\C(C)CC(=C)/C=C(C)/C=C/S12CCCC1C2. The molecule has 0 radical (unpaired) electrons. The molecule has 0 nitrogen and oxygen atoms in total. The van der Waals surface area contributed by atoms with Crippen molar-refractivity contribution in [3.63, 3.8) is 0 Å². The Labute approximate surface area is 126 Å². The molecule has 0 amide bonds. The van der Waals surface area contributed by atoms with Gasteiger partial charge in [-0.15, -0.1) is 0 Å². The standard InChI is InChI=1S/C19H28S/c1-5-6-8-16(2)13-18(4)14-17(3)10-12-20-11-7-9-19(20)15-20/h5-6,8,10,12,14,16,19H,1,4,7,9,11,13,15H2,2-3H3/b8-6-,12-10+,17-14+. The molecule has 2 saturated heterocycles. The van der Waals surface area contributed by atoms with Gasteiger partial charge >= 0.3 is 0 Å². The summed E-state index contributed by atoms with van der Waals surface area (Å²) in [6.07, 6.45) is 14.6. The molecule has 1 heteroatoms. The van der Waals surface area contributed by atoms with E-state index in [0.29, 0.717) is 5.92 Å². The van der Waals surface area contributed by atoms with E-state index in [1.54, 1.807) is 0 Å². The molecule has 0 spiro atoms. The summed E-state index contributed by atoms with van der Waals surface area (Å²) in [7, 11) is -0.276. The van der Waals surface area contributed by atoms with Gasteiger partial charge in [0.15, 0.2) is 0 Å². The van der Waals surface area contributed by atoms with Crippen LogP contribution in [0, 0.1) is 5.92 Å². The fourth-order valence-electron chi connectivity index (χ4n) is 3.11. The van der Waals surface area contributed by atoms with Gasteiger partial charge in [-0.3, -0.25) is 0 Å². The van der Waals surface area contributed by atoms with E-state index in [0.717, 1.165) is 11.7 Å². The van der Waals surface area contributed by atoms with Crippen LogP contribution in [0.25, 0.3) is 0 Å². The maximum Gasteiger partial charge on any atom is 0.000144 e. The number of allylic oxidation sites excluding steroid dienone is 7. The summed E-state index contributed by atoms with van der Waals surface area (Å²) in [5.74, 6) is 3.53. The third-order valence-corrected chi connectivity index (χ3v) is 8.34. The van der Waals surface area contributed by atoms with Crippen molar-refractivity contribution in [3.05, 3.63) is 60.1 Å². The summed E-state index contributed by atoms with van der Waals surface area (Å²) in [4.78, 5) is 0. The van der Waals surface area contributed by atoms with Gasteiger partial charge in [0.25, 0.3) is 0 Å². The van der Waals surface area contributed by atoms with E-state index in [9.17, 15) is 0 Å². The average molecular weight is 289 g/mol. The predicted octanol–water partition coefficient (Wildman–Crippen LogP) is 5.75. The molecule has 3 unspecified atom stereocenters. The van der Waals surface area contributed by atoms with E-state index in [-0.39, 0.29) is 10.0 Å². The molecule has 2 heterocycles. The van der Waals surface area contributed by atoms with Gasteiger partial charge in [-0.05, 0) is 49.0 Å². The van der Waals surface area contributed by atoms with Crippen molar-refractivity contribution in [2.45, 2.75) is 38.4 Å². The first-order valence-electron chi connectivity index (χ1n) is 7.67. The Bertz CT molecular complexity index is 466. The Morgan fingerprint density at radius 3 is 2.85 bits per heavy atom. The van der Waals surface area contributed by atoms with Crippen LogP contribution in [-0.2, 0) is 0 Å². The fraction of sp³-hybridized carbons (Fsp3) is 0.474. The highest BCUT2D eigenvalue weighted by molar-refractivity contribution is 8.42. The van der Waals surface area contributed by atoms with Gasteiger partial charge in [0.2, 0.25) is 0 Å². The zero-order valence-corrected chi connectivity index (χ0v) is 13.8. The molecule has 110 valence electrons. The van der Waals surface area contributed by atoms with Crippen LogP contribution in [-0.4, -0.2) is 16.8 Å². The molecule has 2 aliphatic rings. The van der Waals surface area contributed by atoms with Gasteiger partial charge in [-0.2, -0.15) is 0 Å². The van der Waals surface area contributed by atoms with Crippen molar-refractivity contribution in [1.29, 1.82) is 0 Å². The average Bonchev–Trinajstić information content (AvgIpc) is 2.95. The Kier molecular flexibility index (Phi) is 5.15. The summed E-state index contributed by atoms with van der Waals surface area (Å²) < 4.78 is 0. The molecule has 2 rings (SSSR count). The first-order valence-corrected chi connectivity index (χ1v) is 9.76. The van der Waals surface area contributed by atoms with Gasteiger partial charge in [0, 0.05) is 5.25 Å². The van der Waals surface area contributed by atoms with Crippen LogP contribution in [0.5, 0.6) is 0 Å². The summed E-state index contributed by atoms with van der Waals surface area (Å²) in [5.41, 5.74) is 2.58. The molecule has 0 aromatic carbocycles. The van der Waals surface area contributed by atoms with Crippen LogP contribution in [0.2, 0.25) is 0 Å². The van der Waals surface area contributed by atoms with E-state index >= 15 is 0 Å². The Balaban J connectivity index is 1.83. The number of rotatable bonds is 7. The lowest BCUT2D eigenvalue weighted by molar-refractivity contribution is 0.728. The highest BCUT2D eigenvalue weighted by Gasteiger charge is 2.50. The first kappa shape index (κ1) is 15.4. The summed E-state index contributed by atoms with van der Waals surface area (Å²) in [5, 5.41) is 3.64. The van der Waals surface area contributed by atoms with E-state index < -0.39 is 0 Å². The minimum atomic E-state index is -0.276. The summed E-state index contributed by atoms with van der Waals surface area (Å²) >= 11 is 0. The molecule has 2 fully saturated rings. The molecule has 2 aliphatic heterocycles. The van der Waals surface area contributed by atoms with E-state index in [2.05, 4.69) is 50.6 Å². The van der Waals surface area contributed by atoms with Crippen molar-refractivity contribution in [2.75, 3.05) is 11.5 Å². The topological polar surface area (TPSA) is 0 Å². The molecule has 0 aromatic rings. The molecule has 0 aliphatic carbocycles. The lowest BCUT2D eigenvalue weighted by atomic mass is 10.0. The molecule has 3 atom stereocenters. The van der Waals surface area contributed by atoms with Crippen LogP contribution in [0.15, 0.2) is 60.1 Å². The van der Waals surface area contributed by atoms with Gasteiger partial charge in [-0.25, -0.2) is 10.0 Å². The van der Waals surface area contributed by atoms with Crippen molar-refractivity contribution in [1.82, 2.24) is 0 Å². The van der Waals surface area contributed by atoms with Gasteiger partial charge in [-0.1, -0.05) is 61.6 Å². The predicted molar refractivity (Wildman–Crippen MR) is 95.5 cm³/mol. The largest absolute Gasteiger partial charge is 0.216 e.